The summed E-state index contributed by atoms with van der Waals surface area (Å²) in [7, 11) is 0. The van der Waals surface area contributed by atoms with Gasteiger partial charge in [0.15, 0.2) is 5.65 Å². The number of hydrogen-bond acceptors (Lipinski definition) is 6. The topological polar surface area (TPSA) is 84.4 Å². The van der Waals surface area contributed by atoms with Crippen molar-refractivity contribution in [2.45, 2.75) is 18.9 Å². The molecule has 0 amide bonds. The predicted octanol–water partition coefficient (Wildman–Crippen LogP) is 1.80. The van der Waals surface area contributed by atoms with Gasteiger partial charge in [-0.1, -0.05) is 6.07 Å². The highest BCUT2D eigenvalue weighted by atomic mass is 15.3. The molecule has 4 rings (SSSR count). The highest BCUT2D eigenvalue weighted by Crippen LogP contribution is 2.29. The largest absolute Gasteiger partial charge is 0.368 e. The molecule has 3 N–H and O–H groups in total. The van der Waals surface area contributed by atoms with Gasteiger partial charge in [0.05, 0.1) is 17.6 Å². The lowest BCUT2D eigenvalue weighted by molar-refractivity contribution is 0.506. The molecule has 23 heavy (non-hydrogen) atoms. The number of pyridine rings is 2. The Bertz CT molecular complexity index is 813. The number of nitrogens with zero attached hydrogens (tertiary/aromatic N) is 5. The fraction of sp³-hybridized carbons (Fsp3) is 0.312. The van der Waals surface area contributed by atoms with Gasteiger partial charge in [0.2, 0.25) is 5.95 Å². The van der Waals surface area contributed by atoms with Gasteiger partial charge in [-0.3, -0.25) is 9.38 Å². The number of hydrogen-bond donors (Lipinski definition) is 2. The normalized spacial score (nSPS) is 18.3. The summed E-state index contributed by atoms with van der Waals surface area (Å²) in [6.07, 6.45) is 7.75. The van der Waals surface area contributed by atoms with Crippen LogP contribution in [0.1, 0.15) is 12.8 Å². The summed E-state index contributed by atoms with van der Waals surface area (Å²) in [5.74, 6) is 0.677. The van der Waals surface area contributed by atoms with Crippen molar-refractivity contribution in [2.75, 3.05) is 23.3 Å². The summed E-state index contributed by atoms with van der Waals surface area (Å²) in [5, 5.41) is 11.7. The molecule has 0 aromatic carbocycles. The molecule has 7 heteroatoms. The number of anilines is 3. The molecule has 0 spiro atoms. The van der Waals surface area contributed by atoms with E-state index in [1.807, 2.05) is 47.3 Å². The first-order valence-electron chi connectivity index (χ1n) is 7.82. The molecular formula is C16H19N7. The molecule has 1 aliphatic rings. The van der Waals surface area contributed by atoms with E-state index in [1.54, 1.807) is 0 Å². The molecule has 118 valence electrons. The van der Waals surface area contributed by atoms with Crippen molar-refractivity contribution in [3.63, 3.8) is 0 Å². The van der Waals surface area contributed by atoms with Crippen molar-refractivity contribution in [2.24, 2.45) is 5.73 Å². The molecule has 1 fully saturated rings. The zero-order chi connectivity index (χ0) is 15.6. The van der Waals surface area contributed by atoms with Crippen LogP contribution in [0, 0.1) is 0 Å². The molecule has 7 nitrogen and oxygen atoms in total. The van der Waals surface area contributed by atoms with Crippen LogP contribution in [0.3, 0.4) is 0 Å². The summed E-state index contributed by atoms with van der Waals surface area (Å²) >= 11 is 0. The van der Waals surface area contributed by atoms with Crippen molar-refractivity contribution < 1.29 is 0 Å². The molecule has 1 atom stereocenters. The van der Waals surface area contributed by atoms with Gasteiger partial charge in [-0.2, -0.15) is 0 Å². The second-order valence-corrected chi connectivity index (χ2v) is 5.82. The van der Waals surface area contributed by atoms with Crippen molar-refractivity contribution >= 4 is 23.0 Å². The van der Waals surface area contributed by atoms with E-state index in [2.05, 4.69) is 25.4 Å². The highest BCUT2D eigenvalue weighted by Gasteiger charge is 2.20. The van der Waals surface area contributed by atoms with E-state index < -0.39 is 0 Å². The van der Waals surface area contributed by atoms with E-state index in [0.717, 1.165) is 43.0 Å². The van der Waals surface area contributed by atoms with Crippen molar-refractivity contribution in [1.29, 1.82) is 0 Å². The number of rotatable bonds is 3. The molecule has 0 saturated carbocycles. The first kappa shape index (κ1) is 14.0. The molecule has 1 aliphatic heterocycles. The maximum absolute atomic E-state index is 6.12. The van der Waals surface area contributed by atoms with Crippen LogP contribution in [-0.4, -0.2) is 38.7 Å². The van der Waals surface area contributed by atoms with E-state index in [0.29, 0.717) is 5.95 Å². The smallest absolute Gasteiger partial charge is 0.233 e. The number of piperidine rings is 1. The van der Waals surface area contributed by atoms with Gasteiger partial charge in [-0.15, -0.1) is 10.2 Å². The third-order valence-corrected chi connectivity index (χ3v) is 4.16. The van der Waals surface area contributed by atoms with Gasteiger partial charge in [-0.05, 0) is 31.0 Å². The van der Waals surface area contributed by atoms with Crippen LogP contribution in [0.25, 0.3) is 5.65 Å². The third-order valence-electron chi connectivity index (χ3n) is 4.16. The van der Waals surface area contributed by atoms with Gasteiger partial charge >= 0.3 is 0 Å². The Morgan fingerprint density at radius 1 is 1.22 bits per heavy atom. The second-order valence-electron chi connectivity index (χ2n) is 5.82. The van der Waals surface area contributed by atoms with E-state index in [9.17, 15) is 0 Å². The molecule has 3 aromatic heterocycles. The lowest BCUT2D eigenvalue weighted by Gasteiger charge is -2.33. The number of nitrogens with one attached hydrogen (secondary N) is 1. The summed E-state index contributed by atoms with van der Waals surface area (Å²) in [6.45, 7) is 1.87. The maximum Gasteiger partial charge on any atom is 0.233 e. The van der Waals surface area contributed by atoms with Gasteiger partial charge in [0, 0.05) is 31.5 Å². The Balaban J connectivity index is 1.67. The number of nitrogens with two attached hydrogens (primary N) is 1. The molecular weight excluding hydrogens is 290 g/mol. The molecule has 1 saturated heterocycles. The van der Waals surface area contributed by atoms with Crippen LogP contribution in [0.2, 0.25) is 0 Å². The van der Waals surface area contributed by atoms with Crippen LogP contribution in [0.5, 0.6) is 0 Å². The monoisotopic (exact) mass is 309 g/mol. The predicted molar refractivity (Wildman–Crippen MR) is 89.9 cm³/mol. The fourth-order valence-corrected chi connectivity index (χ4v) is 3.04. The molecule has 0 radical (unpaired) electrons. The molecule has 0 aliphatic carbocycles. The average Bonchev–Trinajstić information content (AvgIpc) is 2.99. The third kappa shape index (κ3) is 2.70. The Kier molecular flexibility index (Phi) is 3.55. The van der Waals surface area contributed by atoms with E-state index in [1.165, 1.54) is 0 Å². The Labute approximate surface area is 134 Å². The van der Waals surface area contributed by atoms with Gasteiger partial charge in [-0.25, -0.2) is 0 Å². The zero-order valence-electron chi connectivity index (χ0n) is 12.8. The minimum atomic E-state index is 0.221. The molecule has 4 heterocycles. The van der Waals surface area contributed by atoms with E-state index in [-0.39, 0.29) is 6.04 Å². The Hall–Kier alpha value is -2.67. The summed E-state index contributed by atoms with van der Waals surface area (Å²) in [6, 6.07) is 8.06. The van der Waals surface area contributed by atoms with Crippen LogP contribution in [0.15, 0.2) is 42.9 Å². The standard InChI is InChI=1S/C16H19N7/c17-12-4-3-8-22(11-12)14-6-7-18-10-13(14)19-16-21-20-15-5-1-2-9-23(15)16/h1-2,5-7,9-10,12H,3-4,8,11,17H2,(H,19,21)/t12-/m0/s1. The van der Waals surface area contributed by atoms with Gasteiger partial charge in [0.1, 0.15) is 0 Å². The highest BCUT2D eigenvalue weighted by molar-refractivity contribution is 5.73. The van der Waals surface area contributed by atoms with Crippen LogP contribution >= 0.6 is 0 Å². The van der Waals surface area contributed by atoms with Crippen LogP contribution in [-0.2, 0) is 0 Å². The van der Waals surface area contributed by atoms with Gasteiger partial charge < -0.3 is 16.0 Å². The van der Waals surface area contributed by atoms with Crippen molar-refractivity contribution in [3.05, 3.63) is 42.9 Å². The second kappa shape index (κ2) is 5.85. The van der Waals surface area contributed by atoms with Crippen molar-refractivity contribution in [1.82, 2.24) is 19.6 Å². The summed E-state index contributed by atoms with van der Waals surface area (Å²) in [5.41, 5.74) is 8.94. The van der Waals surface area contributed by atoms with E-state index in [4.69, 9.17) is 5.73 Å². The first-order chi connectivity index (χ1) is 11.3. The fourth-order valence-electron chi connectivity index (χ4n) is 3.04. The average molecular weight is 309 g/mol. The van der Waals surface area contributed by atoms with Crippen LogP contribution in [0.4, 0.5) is 17.3 Å². The minimum absolute atomic E-state index is 0.221. The molecule has 0 unspecified atom stereocenters. The van der Waals surface area contributed by atoms with E-state index >= 15 is 0 Å². The summed E-state index contributed by atoms with van der Waals surface area (Å²) in [4.78, 5) is 6.55. The van der Waals surface area contributed by atoms with Crippen LogP contribution < -0.4 is 16.0 Å². The lowest BCUT2D eigenvalue weighted by atomic mass is 10.1. The van der Waals surface area contributed by atoms with Gasteiger partial charge in [0.25, 0.3) is 0 Å². The number of fused-ring (bicyclic) bond motifs is 1. The minimum Gasteiger partial charge on any atom is -0.368 e. The molecule has 3 aromatic rings. The SMILES string of the molecule is N[C@H]1CCCN(c2ccncc2Nc2nnc3ccccn23)C1. The lowest BCUT2D eigenvalue weighted by Crippen LogP contribution is -2.43. The zero-order valence-corrected chi connectivity index (χ0v) is 12.8. The molecule has 0 bridgehead atoms. The maximum atomic E-state index is 6.12. The Morgan fingerprint density at radius 3 is 3.09 bits per heavy atom. The number of aromatic nitrogens is 4. The first-order valence-corrected chi connectivity index (χ1v) is 7.82. The summed E-state index contributed by atoms with van der Waals surface area (Å²) < 4.78 is 1.92. The Morgan fingerprint density at radius 2 is 2.17 bits per heavy atom. The quantitative estimate of drug-likeness (QED) is 0.767. The van der Waals surface area contributed by atoms with Crippen molar-refractivity contribution in [3.8, 4) is 0 Å².